The van der Waals surface area contributed by atoms with Crippen LogP contribution in [0.5, 0.6) is 0 Å². The number of hydrogen-bond donors (Lipinski definition) is 0. The maximum Gasteiger partial charge on any atom is 0.419 e. The predicted octanol–water partition coefficient (Wildman–Crippen LogP) is 4.29. The van der Waals surface area contributed by atoms with Gasteiger partial charge in [-0.2, -0.15) is 13.2 Å². The van der Waals surface area contributed by atoms with Crippen molar-refractivity contribution in [2.45, 2.75) is 39.0 Å². The maximum atomic E-state index is 13.2. The van der Waals surface area contributed by atoms with Crippen molar-refractivity contribution in [1.29, 1.82) is 0 Å². The molecule has 0 aromatic heterocycles. The van der Waals surface area contributed by atoms with E-state index in [1.807, 2.05) is 0 Å². The average molecular weight is 292 g/mol. The van der Waals surface area contributed by atoms with Crippen LogP contribution in [0.15, 0.2) is 18.2 Å². The predicted molar refractivity (Wildman–Crippen MR) is 65.7 cm³/mol. The summed E-state index contributed by atoms with van der Waals surface area (Å²) in [5, 5.41) is 0. The second kappa shape index (κ2) is 6.83. The smallest absolute Gasteiger partial charge is 0.366 e. The molecule has 0 aliphatic heterocycles. The number of carbonyl (C=O) groups excluding carboxylic acids is 1. The van der Waals surface area contributed by atoms with E-state index < -0.39 is 23.7 Å². The summed E-state index contributed by atoms with van der Waals surface area (Å²) < 4.78 is 56.4. The average Bonchev–Trinajstić information content (AvgIpc) is 2.35. The molecule has 2 nitrogen and oxygen atoms in total. The van der Waals surface area contributed by atoms with E-state index >= 15 is 0 Å². The topological polar surface area (TPSA) is 26.3 Å². The lowest BCUT2D eigenvalue weighted by Gasteiger charge is -2.18. The third-order valence-electron chi connectivity index (χ3n) is 2.72. The minimum Gasteiger partial charge on any atom is -0.366 e. The van der Waals surface area contributed by atoms with E-state index in [1.54, 1.807) is 13.8 Å². The van der Waals surface area contributed by atoms with Crippen LogP contribution in [0.2, 0.25) is 0 Å². The fourth-order valence-corrected chi connectivity index (χ4v) is 1.84. The van der Waals surface area contributed by atoms with Crippen LogP contribution in [0.25, 0.3) is 0 Å². The summed E-state index contributed by atoms with van der Waals surface area (Å²) in [4.78, 5) is 11.9. The summed E-state index contributed by atoms with van der Waals surface area (Å²) in [5.41, 5.74) is -1.36. The maximum absolute atomic E-state index is 13.2. The van der Waals surface area contributed by atoms with Crippen molar-refractivity contribution in [3.63, 3.8) is 0 Å². The molecular formula is C14H16F4O2. The second-order valence-electron chi connectivity index (χ2n) is 4.29. The summed E-state index contributed by atoms with van der Waals surface area (Å²) in [6, 6.07) is 2.51. The van der Waals surface area contributed by atoms with Gasteiger partial charge in [-0.15, -0.1) is 0 Å². The van der Waals surface area contributed by atoms with Gasteiger partial charge in [-0.05, 0) is 31.0 Å². The van der Waals surface area contributed by atoms with E-state index in [0.29, 0.717) is 18.6 Å². The Bertz CT molecular complexity index is 469. The lowest BCUT2D eigenvalue weighted by Crippen LogP contribution is -2.17. The molecule has 0 bridgehead atoms. The molecule has 0 aliphatic carbocycles. The molecule has 0 fully saturated rings. The van der Waals surface area contributed by atoms with Crippen LogP contribution in [0, 0.1) is 5.82 Å². The highest BCUT2D eigenvalue weighted by molar-refractivity contribution is 5.84. The number of ether oxygens (including phenoxy) is 1. The van der Waals surface area contributed by atoms with Crippen LogP contribution in [0.3, 0.4) is 0 Å². The Morgan fingerprint density at radius 1 is 1.30 bits per heavy atom. The molecule has 0 saturated carbocycles. The third kappa shape index (κ3) is 4.03. The molecule has 1 atom stereocenters. The Morgan fingerprint density at radius 2 is 1.95 bits per heavy atom. The molecule has 1 aromatic rings. The summed E-state index contributed by atoms with van der Waals surface area (Å²) in [6.45, 7) is 3.60. The van der Waals surface area contributed by atoms with Crippen molar-refractivity contribution < 1.29 is 27.1 Å². The fourth-order valence-electron chi connectivity index (χ4n) is 1.84. The summed E-state index contributed by atoms with van der Waals surface area (Å²) in [6.07, 6.45) is -5.12. The van der Waals surface area contributed by atoms with Gasteiger partial charge in [0.2, 0.25) is 0 Å². The number of Topliss-reactive ketones (excluding diaryl/α,β-unsaturated/α-hetero) is 1. The Balaban J connectivity index is 3.18. The van der Waals surface area contributed by atoms with Crippen LogP contribution < -0.4 is 0 Å². The molecule has 0 aliphatic rings. The van der Waals surface area contributed by atoms with Gasteiger partial charge in [0.05, 0.1) is 5.56 Å². The van der Waals surface area contributed by atoms with E-state index in [9.17, 15) is 22.4 Å². The lowest BCUT2D eigenvalue weighted by molar-refractivity contribution is -0.140. The van der Waals surface area contributed by atoms with Crippen LogP contribution in [-0.2, 0) is 15.7 Å². The number of carbonyl (C=O) groups is 1. The van der Waals surface area contributed by atoms with Crippen molar-refractivity contribution in [2.24, 2.45) is 0 Å². The first-order chi connectivity index (χ1) is 9.31. The van der Waals surface area contributed by atoms with Crippen molar-refractivity contribution in [3.05, 3.63) is 35.1 Å². The van der Waals surface area contributed by atoms with Gasteiger partial charge < -0.3 is 4.74 Å². The molecule has 0 saturated heterocycles. The molecule has 0 heterocycles. The minimum absolute atomic E-state index is 0.0269. The molecule has 0 amide bonds. The monoisotopic (exact) mass is 292 g/mol. The molecule has 20 heavy (non-hydrogen) atoms. The van der Waals surface area contributed by atoms with E-state index in [-0.39, 0.29) is 24.4 Å². The highest BCUT2D eigenvalue weighted by Crippen LogP contribution is 2.34. The molecule has 1 aromatic carbocycles. The van der Waals surface area contributed by atoms with Crippen molar-refractivity contribution in [1.82, 2.24) is 0 Å². The molecule has 0 spiro atoms. The van der Waals surface area contributed by atoms with Gasteiger partial charge in [-0.1, -0.05) is 13.0 Å². The largest absolute Gasteiger partial charge is 0.419 e. The number of benzene rings is 1. The number of halogens is 4. The molecule has 0 N–H and O–H groups in total. The Morgan fingerprint density at radius 3 is 2.45 bits per heavy atom. The van der Waals surface area contributed by atoms with Crippen LogP contribution in [-0.4, -0.2) is 12.4 Å². The molecule has 1 unspecified atom stereocenters. The van der Waals surface area contributed by atoms with Gasteiger partial charge in [0.25, 0.3) is 0 Å². The van der Waals surface area contributed by atoms with E-state index in [0.717, 1.165) is 6.07 Å². The third-order valence-corrected chi connectivity index (χ3v) is 2.72. The van der Waals surface area contributed by atoms with E-state index in [1.165, 1.54) is 0 Å². The first kappa shape index (κ1) is 16.6. The second-order valence-corrected chi connectivity index (χ2v) is 4.29. The highest BCUT2D eigenvalue weighted by atomic mass is 19.4. The zero-order chi connectivity index (χ0) is 15.3. The van der Waals surface area contributed by atoms with Crippen molar-refractivity contribution in [3.8, 4) is 0 Å². The summed E-state index contributed by atoms with van der Waals surface area (Å²) >= 11 is 0. The van der Waals surface area contributed by atoms with Gasteiger partial charge in [-0.3, -0.25) is 4.79 Å². The summed E-state index contributed by atoms with van der Waals surface area (Å²) in [7, 11) is 0. The van der Waals surface area contributed by atoms with Crippen LogP contribution in [0.4, 0.5) is 17.6 Å². The fraction of sp³-hybridized carbons (Fsp3) is 0.500. The SMILES string of the molecule is CCCC(=O)C(OCC)c1ccc(F)c(C(F)(F)F)c1. The number of rotatable bonds is 6. The van der Waals surface area contributed by atoms with Crippen molar-refractivity contribution in [2.75, 3.05) is 6.61 Å². The molecule has 112 valence electrons. The van der Waals surface area contributed by atoms with Gasteiger partial charge >= 0.3 is 6.18 Å². The Kier molecular flexibility index (Phi) is 5.68. The molecule has 1 rings (SSSR count). The summed E-state index contributed by atoms with van der Waals surface area (Å²) in [5.74, 6) is -1.67. The Labute approximate surface area is 114 Å². The first-order valence-electron chi connectivity index (χ1n) is 6.32. The van der Waals surface area contributed by atoms with Gasteiger partial charge in [0.1, 0.15) is 11.9 Å². The lowest BCUT2D eigenvalue weighted by atomic mass is 10.00. The van der Waals surface area contributed by atoms with Crippen LogP contribution >= 0.6 is 0 Å². The molecular weight excluding hydrogens is 276 g/mol. The van der Waals surface area contributed by atoms with Crippen LogP contribution in [0.1, 0.15) is 43.9 Å². The number of ketones is 1. The quantitative estimate of drug-likeness (QED) is 0.731. The van der Waals surface area contributed by atoms with Gasteiger partial charge in [0, 0.05) is 13.0 Å². The number of alkyl halides is 3. The van der Waals surface area contributed by atoms with Gasteiger partial charge in [-0.25, -0.2) is 4.39 Å². The van der Waals surface area contributed by atoms with Gasteiger partial charge in [0.15, 0.2) is 5.78 Å². The highest BCUT2D eigenvalue weighted by Gasteiger charge is 2.35. The zero-order valence-electron chi connectivity index (χ0n) is 11.3. The molecule has 0 radical (unpaired) electrons. The van der Waals surface area contributed by atoms with E-state index in [2.05, 4.69) is 0 Å². The van der Waals surface area contributed by atoms with Crippen molar-refractivity contribution >= 4 is 5.78 Å². The van der Waals surface area contributed by atoms with E-state index in [4.69, 9.17) is 4.74 Å². The Hall–Kier alpha value is -1.43. The normalized spacial score (nSPS) is 13.3. The first-order valence-corrected chi connectivity index (χ1v) is 6.32. The zero-order valence-corrected chi connectivity index (χ0v) is 11.3. The standard InChI is InChI=1S/C14H16F4O2/c1-3-5-12(19)13(20-4-2)9-6-7-11(15)10(8-9)14(16,17)18/h6-8,13H,3-5H2,1-2H3. The molecule has 6 heteroatoms. The number of hydrogen-bond acceptors (Lipinski definition) is 2. The minimum atomic E-state index is -4.80.